The standard InChI is InChI=1S/C15H23NO/c1-12(17-10-9-16(2)3)14-8-7-13-5-4-6-15(13)11-14/h7-8,11-12H,4-6,9-10H2,1-3H3. The van der Waals surface area contributed by atoms with Crippen LogP contribution in [-0.4, -0.2) is 32.1 Å². The van der Waals surface area contributed by atoms with Crippen molar-refractivity contribution < 1.29 is 4.74 Å². The van der Waals surface area contributed by atoms with E-state index in [-0.39, 0.29) is 6.10 Å². The van der Waals surface area contributed by atoms with Crippen LogP contribution < -0.4 is 0 Å². The second-order valence-electron chi connectivity index (χ2n) is 5.20. The number of hydrogen-bond acceptors (Lipinski definition) is 2. The van der Waals surface area contributed by atoms with Gasteiger partial charge in [0.05, 0.1) is 12.7 Å². The Labute approximate surface area is 105 Å². The van der Waals surface area contributed by atoms with Crippen molar-refractivity contribution in [2.75, 3.05) is 27.2 Å². The molecule has 0 aromatic heterocycles. The van der Waals surface area contributed by atoms with Crippen molar-refractivity contribution in [3.05, 3.63) is 34.9 Å². The second-order valence-corrected chi connectivity index (χ2v) is 5.20. The van der Waals surface area contributed by atoms with E-state index in [1.54, 1.807) is 0 Å². The molecule has 0 saturated carbocycles. The van der Waals surface area contributed by atoms with E-state index in [4.69, 9.17) is 4.74 Å². The van der Waals surface area contributed by atoms with Gasteiger partial charge in [-0.2, -0.15) is 0 Å². The molecule has 0 heterocycles. The average Bonchev–Trinajstić information content (AvgIpc) is 2.75. The SMILES string of the molecule is CC(OCCN(C)C)c1ccc2c(c1)CCC2. The van der Waals surface area contributed by atoms with Gasteiger partial charge < -0.3 is 9.64 Å². The lowest BCUT2D eigenvalue weighted by molar-refractivity contribution is 0.0555. The van der Waals surface area contributed by atoms with E-state index < -0.39 is 0 Å². The molecule has 1 aliphatic rings. The van der Waals surface area contributed by atoms with Crippen molar-refractivity contribution in [2.45, 2.75) is 32.3 Å². The molecule has 1 aromatic rings. The van der Waals surface area contributed by atoms with Gasteiger partial charge in [-0.25, -0.2) is 0 Å². The van der Waals surface area contributed by atoms with Crippen LogP contribution in [-0.2, 0) is 17.6 Å². The summed E-state index contributed by atoms with van der Waals surface area (Å²) in [6, 6.07) is 6.84. The lowest BCUT2D eigenvalue weighted by Crippen LogP contribution is -2.18. The molecule has 0 fully saturated rings. The summed E-state index contributed by atoms with van der Waals surface area (Å²) in [5.74, 6) is 0. The van der Waals surface area contributed by atoms with Gasteiger partial charge in [-0.15, -0.1) is 0 Å². The molecule has 94 valence electrons. The summed E-state index contributed by atoms with van der Waals surface area (Å²) < 4.78 is 5.86. The van der Waals surface area contributed by atoms with Gasteiger partial charge in [0.25, 0.3) is 0 Å². The zero-order chi connectivity index (χ0) is 12.3. The normalized spacial score (nSPS) is 16.2. The summed E-state index contributed by atoms with van der Waals surface area (Å²) in [4.78, 5) is 2.15. The highest BCUT2D eigenvalue weighted by atomic mass is 16.5. The Morgan fingerprint density at radius 3 is 2.76 bits per heavy atom. The first kappa shape index (κ1) is 12.6. The predicted octanol–water partition coefficient (Wildman–Crippen LogP) is 2.81. The van der Waals surface area contributed by atoms with Crippen LogP contribution in [0.25, 0.3) is 0 Å². The van der Waals surface area contributed by atoms with Crippen molar-refractivity contribution in [1.29, 1.82) is 0 Å². The number of likely N-dealkylation sites (N-methyl/N-ethyl adjacent to an activating group) is 1. The minimum atomic E-state index is 0.209. The van der Waals surface area contributed by atoms with Crippen molar-refractivity contribution >= 4 is 0 Å². The molecule has 0 spiro atoms. The monoisotopic (exact) mass is 233 g/mol. The van der Waals surface area contributed by atoms with Crippen molar-refractivity contribution in [2.24, 2.45) is 0 Å². The van der Waals surface area contributed by atoms with E-state index in [0.717, 1.165) is 13.2 Å². The smallest absolute Gasteiger partial charge is 0.0797 e. The molecule has 2 nitrogen and oxygen atoms in total. The highest BCUT2D eigenvalue weighted by Crippen LogP contribution is 2.26. The lowest BCUT2D eigenvalue weighted by atomic mass is 10.0. The van der Waals surface area contributed by atoms with Crippen LogP contribution >= 0.6 is 0 Å². The molecule has 2 heteroatoms. The molecule has 0 radical (unpaired) electrons. The van der Waals surface area contributed by atoms with E-state index in [1.165, 1.54) is 36.0 Å². The van der Waals surface area contributed by atoms with E-state index in [1.807, 2.05) is 0 Å². The third-order valence-corrected chi connectivity index (χ3v) is 3.50. The first-order valence-electron chi connectivity index (χ1n) is 6.55. The van der Waals surface area contributed by atoms with Crippen LogP contribution in [0, 0.1) is 0 Å². The number of benzene rings is 1. The molecular formula is C15H23NO. The van der Waals surface area contributed by atoms with Gasteiger partial charge >= 0.3 is 0 Å². The van der Waals surface area contributed by atoms with Gasteiger partial charge in [0.1, 0.15) is 0 Å². The zero-order valence-electron chi connectivity index (χ0n) is 11.2. The fourth-order valence-electron chi connectivity index (χ4n) is 2.35. The fraction of sp³-hybridized carbons (Fsp3) is 0.600. The quantitative estimate of drug-likeness (QED) is 0.775. The number of rotatable bonds is 5. The van der Waals surface area contributed by atoms with Crippen molar-refractivity contribution in [1.82, 2.24) is 4.90 Å². The Kier molecular flexibility index (Phi) is 4.19. The summed E-state index contributed by atoms with van der Waals surface area (Å²) in [5.41, 5.74) is 4.39. The van der Waals surface area contributed by atoms with Gasteiger partial charge in [0, 0.05) is 6.54 Å². The van der Waals surface area contributed by atoms with Gasteiger partial charge in [-0.1, -0.05) is 18.2 Å². The summed E-state index contributed by atoms with van der Waals surface area (Å²) in [7, 11) is 4.15. The minimum Gasteiger partial charge on any atom is -0.372 e. The van der Waals surface area contributed by atoms with Gasteiger partial charge in [0.15, 0.2) is 0 Å². The van der Waals surface area contributed by atoms with Crippen LogP contribution in [0.15, 0.2) is 18.2 Å². The summed E-state index contributed by atoms with van der Waals surface area (Å²) in [6.45, 7) is 3.92. The maximum absolute atomic E-state index is 5.86. The molecule has 0 aliphatic heterocycles. The molecule has 2 rings (SSSR count). The topological polar surface area (TPSA) is 12.5 Å². The molecule has 17 heavy (non-hydrogen) atoms. The number of ether oxygens (including phenoxy) is 1. The van der Waals surface area contributed by atoms with E-state index in [2.05, 4.69) is 44.1 Å². The summed E-state index contributed by atoms with van der Waals surface area (Å²) in [6.07, 6.45) is 4.02. The Balaban J connectivity index is 1.92. The first-order chi connectivity index (χ1) is 8.16. The zero-order valence-corrected chi connectivity index (χ0v) is 11.2. The largest absolute Gasteiger partial charge is 0.372 e. The number of nitrogens with zero attached hydrogens (tertiary/aromatic N) is 1. The molecule has 1 unspecified atom stereocenters. The fourth-order valence-corrected chi connectivity index (χ4v) is 2.35. The van der Waals surface area contributed by atoms with Crippen LogP contribution in [0.3, 0.4) is 0 Å². The molecule has 0 N–H and O–H groups in total. The predicted molar refractivity (Wildman–Crippen MR) is 71.4 cm³/mol. The molecule has 1 aliphatic carbocycles. The third-order valence-electron chi connectivity index (χ3n) is 3.50. The summed E-state index contributed by atoms with van der Waals surface area (Å²) in [5, 5.41) is 0. The maximum atomic E-state index is 5.86. The minimum absolute atomic E-state index is 0.209. The number of hydrogen-bond donors (Lipinski definition) is 0. The van der Waals surface area contributed by atoms with E-state index in [9.17, 15) is 0 Å². The molecule has 1 aromatic carbocycles. The van der Waals surface area contributed by atoms with E-state index >= 15 is 0 Å². The summed E-state index contributed by atoms with van der Waals surface area (Å²) >= 11 is 0. The van der Waals surface area contributed by atoms with Crippen molar-refractivity contribution in [3.63, 3.8) is 0 Å². The van der Waals surface area contributed by atoms with Crippen LogP contribution in [0.2, 0.25) is 0 Å². The average molecular weight is 233 g/mol. The van der Waals surface area contributed by atoms with Crippen LogP contribution in [0.1, 0.15) is 36.1 Å². The van der Waals surface area contributed by atoms with Crippen LogP contribution in [0.4, 0.5) is 0 Å². The highest BCUT2D eigenvalue weighted by Gasteiger charge is 2.13. The van der Waals surface area contributed by atoms with Gasteiger partial charge in [-0.3, -0.25) is 0 Å². The van der Waals surface area contributed by atoms with Crippen LogP contribution in [0.5, 0.6) is 0 Å². The maximum Gasteiger partial charge on any atom is 0.0797 e. The molecule has 0 saturated heterocycles. The van der Waals surface area contributed by atoms with E-state index in [0.29, 0.717) is 0 Å². The number of fused-ring (bicyclic) bond motifs is 1. The second kappa shape index (κ2) is 5.65. The van der Waals surface area contributed by atoms with Gasteiger partial charge in [-0.05, 0) is 57.0 Å². The van der Waals surface area contributed by atoms with Gasteiger partial charge in [0.2, 0.25) is 0 Å². The Morgan fingerprint density at radius 2 is 2.00 bits per heavy atom. The Hall–Kier alpha value is -0.860. The molecule has 1 atom stereocenters. The molecule has 0 amide bonds. The third kappa shape index (κ3) is 3.30. The Morgan fingerprint density at radius 1 is 1.24 bits per heavy atom. The molecular weight excluding hydrogens is 210 g/mol. The number of aryl methyl sites for hydroxylation is 2. The Bertz CT molecular complexity index is 373. The first-order valence-corrected chi connectivity index (χ1v) is 6.55. The van der Waals surface area contributed by atoms with Crippen molar-refractivity contribution in [3.8, 4) is 0 Å². The highest BCUT2D eigenvalue weighted by molar-refractivity contribution is 5.36. The molecule has 0 bridgehead atoms. The lowest BCUT2D eigenvalue weighted by Gasteiger charge is -2.16.